The summed E-state index contributed by atoms with van der Waals surface area (Å²) in [6.07, 6.45) is 0.820. The summed E-state index contributed by atoms with van der Waals surface area (Å²) in [6, 6.07) is 8.71. The molecule has 27 heavy (non-hydrogen) atoms. The van der Waals surface area contributed by atoms with Crippen molar-refractivity contribution in [3.8, 4) is 11.5 Å². The summed E-state index contributed by atoms with van der Waals surface area (Å²) in [5.41, 5.74) is 6.95. The summed E-state index contributed by atoms with van der Waals surface area (Å²) in [6.45, 7) is 6.38. The quantitative estimate of drug-likeness (QED) is 0.859. The van der Waals surface area contributed by atoms with Crippen molar-refractivity contribution in [2.24, 2.45) is 0 Å². The number of ether oxygens (including phenoxy) is 2. The summed E-state index contributed by atoms with van der Waals surface area (Å²) in [5.74, 6) is 1.88. The molecule has 2 heterocycles. The molecule has 2 aliphatic rings. The van der Waals surface area contributed by atoms with Gasteiger partial charge < -0.3 is 19.7 Å². The number of aliphatic hydroxyl groups is 2. The van der Waals surface area contributed by atoms with Crippen LogP contribution >= 0.6 is 0 Å². The van der Waals surface area contributed by atoms with Crippen LogP contribution < -0.4 is 9.47 Å². The zero-order chi connectivity index (χ0) is 19.0. The van der Waals surface area contributed by atoms with E-state index >= 15 is 0 Å². The molecule has 0 spiro atoms. The van der Waals surface area contributed by atoms with Crippen LogP contribution in [-0.4, -0.2) is 46.9 Å². The van der Waals surface area contributed by atoms with Crippen molar-refractivity contribution in [3.05, 3.63) is 57.6 Å². The third kappa shape index (κ3) is 3.66. The number of hydrogen-bond donors (Lipinski definition) is 2. The second-order valence-electron chi connectivity index (χ2n) is 7.47. The Kier molecular flexibility index (Phi) is 5.06. The first kappa shape index (κ1) is 18.3. The van der Waals surface area contributed by atoms with Crippen LogP contribution in [-0.2, 0) is 19.5 Å². The molecule has 6 heteroatoms. The molecule has 4 rings (SSSR count). The number of nitrogens with zero attached hydrogens (tertiary/aromatic N) is 2. The molecule has 0 fully saturated rings. The molecule has 2 aromatic rings. The third-order valence-corrected chi connectivity index (χ3v) is 5.20. The van der Waals surface area contributed by atoms with Gasteiger partial charge in [0.05, 0.1) is 13.5 Å². The van der Waals surface area contributed by atoms with Gasteiger partial charge in [-0.1, -0.05) is 24.3 Å². The van der Waals surface area contributed by atoms with Crippen molar-refractivity contribution in [3.63, 3.8) is 0 Å². The Hall–Kier alpha value is -2.12. The van der Waals surface area contributed by atoms with Crippen LogP contribution in [0.15, 0.2) is 24.3 Å². The summed E-state index contributed by atoms with van der Waals surface area (Å²) in [7, 11) is 0. The first-order valence-corrected chi connectivity index (χ1v) is 9.24. The molecule has 0 aromatic heterocycles. The van der Waals surface area contributed by atoms with Gasteiger partial charge in [0.2, 0.25) is 0 Å². The lowest BCUT2D eigenvalue weighted by Gasteiger charge is -2.29. The molecule has 0 atom stereocenters. The molecular weight excluding hydrogens is 344 g/mol. The second-order valence-corrected chi connectivity index (χ2v) is 7.47. The van der Waals surface area contributed by atoms with Crippen molar-refractivity contribution in [2.45, 2.75) is 33.4 Å². The average Bonchev–Trinajstić information content (AvgIpc) is 2.67. The lowest BCUT2D eigenvalue weighted by atomic mass is 9.95. The van der Waals surface area contributed by atoms with Gasteiger partial charge in [0.25, 0.3) is 0 Å². The Morgan fingerprint density at radius 1 is 0.778 bits per heavy atom. The van der Waals surface area contributed by atoms with E-state index in [0.717, 1.165) is 40.2 Å². The average molecular weight is 370 g/mol. The van der Waals surface area contributed by atoms with Gasteiger partial charge in [-0.3, -0.25) is 0 Å². The van der Waals surface area contributed by atoms with Gasteiger partial charge in [-0.2, -0.15) is 0 Å². The molecule has 0 bridgehead atoms. The maximum absolute atomic E-state index is 9.39. The smallest absolute Gasteiger partial charge is 0.144 e. The van der Waals surface area contributed by atoms with E-state index < -0.39 is 0 Å². The van der Waals surface area contributed by atoms with E-state index in [1.165, 1.54) is 11.1 Å². The Labute approximate surface area is 159 Å². The van der Waals surface area contributed by atoms with E-state index in [1.807, 2.05) is 9.80 Å². The van der Waals surface area contributed by atoms with E-state index in [2.05, 4.69) is 38.1 Å². The van der Waals surface area contributed by atoms with Crippen molar-refractivity contribution in [1.82, 2.24) is 9.80 Å². The van der Waals surface area contributed by atoms with Crippen LogP contribution in [0.25, 0.3) is 0 Å². The highest BCUT2D eigenvalue weighted by Gasteiger charge is 2.21. The molecule has 0 aliphatic carbocycles. The van der Waals surface area contributed by atoms with Crippen LogP contribution in [0.4, 0.5) is 0 Å². The van der Waals surface area contributed by atoms with Crippen LogP contribution in [0, 0.1) is 13.8 Å². The van der Waals surface area contributed by atoms with Crippen molar-refractivity contribution < 1.29 is 19.7 Å². The molecule has 0 saturated carbocycles. The van der Waals surface area contributed by atoms with Gasteiger partial charge in [0, 0.05) is 24.2 Å². The highest BCUT2D eigenvalue weighted by atomic mass is 16.5. The van der Waals surface area contributed by atoms with Crippen molar-refractivity contribution >= 4 is 0 Å². The summed E-state index contributed by atoms with van der Waals surface area (Å²) >= 11 is 0. The molecule has 0 unspecified atom stereocenters. The first-order valence-electron chi connectivity index (χ1n) is 9.24. The fraction of sp³-hybridized carbons (Fsp3) is 0.429. The Bertz CT molecular complexity index is 783. The minimum Gasteiger partial charge on any atom is -0.477 e. The highest BCUT2D eigenvalue weighted by Crippen LogP contribution is 2.33. The zero-order valence-corrected chi connectivity index (χ0v) is 15.9. The molecule has 144 valence electrons. The van der Waals surface area contributed by atoms with E-state index in [0.29, 0.717) is 26.6 Å². The maximum atomic E-state index is 9.39. The molecule has 0 radical (unpaired) electrons. The molecule has 2 aliphatic heterocycles. The number of benzene rings is 2. The highest BCUT2D eigenvalue weighted by molar-refractivity contribution is 5.49. The zero-order valence-electron chi connectivity index (χ0n) is 15.9. The fourth-order valence-electron chi connectivity index (χ4n) is 4.01. The number of aryl methyl sites for hydroxylation is 2. The van der Waals surface area contributed by atoms with Gasteiger partial charge >= 0.3 is 0 Å². The number of aliphatic hydroxyl groups excluding tert-OH is 2. The van der Waals surface area contributed by atoms with E-state index in [-0.39, 0.29) is 13.5 Å². The predicted octanol–water partition coefficient (Wildman–Crippen LogP) is 2.10. The minimum atomic E-state index is -0.00586. The van der Waals surface area contributed by atoms with Crippen LogP contribution in [0.2, 0.25) is 0 Å². The number of hydrogen-bond acceptors (Lipinski definition) is 6. The van der Waals surface area contributed by atoms with Gasteiger partial charge in [-0.05, 0) is 42.5 Å². The number of rotatable bonds is 4. The Morgan fingerprint density at radius 2 is 1.22 bits per heavy atom. The van der Waals surface area contributed by atoms with Gasteiger partial charge in [0.15, 0.2) is 0 Å². The van der Waals surface area contributed by atoms with Gasteiger partial charge in [-0.15, -0.1) is 0 Å². The molecule has 0 saturated heterocycles. The van der Waals surface area contributed by atoms with E-state index in [9.17, 15) is 10.2 Å². The molecule has 2 aromatic carbocycles. The summed E-state index contributed by atoms with van der Waals surface area (Å²) in [4.78, 5) is 3.71. The van der Waals surface area contributed by atoms with Crippen molar-refractivity contribution in [1.29, 1.82) is 0 Å². The summed E-state index contributed by atoms with van der Waals surface area (Å²) in [5, 5.41) is 18.8. The largest absolute Gasteiger partial charge is 0.477 e. The standard InChI is InChI=1S/C21H26N2O4/c1-14-3-16(6-18-8-22(10-24)12-26-20(14)18)5-17-4-15(2)21-19(7-17)9-23(11-25)13-27-21/h3-4,6-7,24-25H,5,8-13H2,1-2H3. The minimum absolute atomic E-state index is 0.00586. The lowest BCUT2D eigenvalue weighted by molar-refractivity contribution is 0.0192. The first-order chi connectivity index (χ1) is 13.1. The Morgan fingerprint density at radius 3 is 1.63 bits per heavy atom. The molecule has 2 N–H and O–H groups in total. The predicted molar refractivity (Wildman–Crippen MR) is 101 cm³/mol. The second kappa shape index (κ2) is 7.48. The van der Waals surface area contributed by atoms with Crippen LogP contribution in [0.1, 0.15) is 33.4 Å². The van der Waals surface area contributed by atoms with Gasteiger partial charge in [-0.25, -0.2) is 9.80 Å². The summed E-state index contributed by atoms with van der Waals surface area (Å²) < 4.78 is 11.6. The topological polar surface area (TPSA) is 65.4 Å². The van der Waals surface area contributed by atoms with E-state index in [4.69, 9.17) is 9.47 Å². The lowest BCUT2D eigenvalue weighted by Crippen LogP contribution is -2.33. The number of fused-ring (bicyclic) bond motifs is 2. The fourth-order valence-corrected chi connectivity index (χ4v) is 4.01. The van der Waals surface area contributed by atoms with E-state index in [1.54, 1.807) is 0 Å². The third-order valence-electron chi connectivity index (χ3n) is 5.20. The van der Waals surface area contributed by atoms with Crippen LogP contribution in [0.3, 0.4) is 0 Å². The SMILES string of the molecule is Cc1cc(Cc2cc(C)c3c(c2)CN(CO)CO3)cc2c1OCN(CO)C2. The molecule has 6 nitrogen and oxygen atoms in total. The molecular formula is C21H26N2O4. The Balaban J connectivity index is 1.61. The van der Waals surface area contributed by atoms with Crippen LogP contribution in [0.5, 0.6) is 11.5 Å². The normalized spacial score (nSPS) is 17.0. The molecule has 0 amide bonds. The monoisotopic (exact) mass is 370 g/mol. The van der Waals surface area contributed by atoms with Crippen molar-refractivity contribution in [2.75, 3.05) is 26.9 Å². The van der Waals surface area contributed by atoms with Gasteiger partial charge in [0.1, 0.15) is 25.0 Å². The maximum Gasteiger partial charge on any atom is 0.144 e.